The van der Waals surface area contributed by atoms with Crippen molar-refractivity contribution in [3.8, 4) is 22.5 Å². The summed E-state index contributed by atoms with van der Waals surface area (Å²) in [5, 5.41) is 64.2. The van der Waals surface area contributed by atoms with Crippen LogP contribution in [0, 0.1) is 11.8 Å². The number of carboxylic acids is 5. The second-order valence-corrected chi connectivity index (χ2v) is 26.2. The largest absolute Gasteiger partial charge is 0.481 e. The van der Waals surface area contributed by atoms with E-state index in [1.807, 2.05) is 65.2 Å². The molecule has 3 heterocycles. The van der Waals surface area contributed by atoms with Gasteiger partial charge in [-0.15, -0.1) is 5.10 Å². The molecule has 0 radical (unpaired) electrons. The molecule has 34 nitrogen and oxygen atoms in total. The Morgan fingerprint density at radius 3 is 1.68 bits per heavy atom. The number of hydrogen-bond acceptors (Lipinski definition) is 23. The average molecular weight is 1430 g/mol. The van der Waals surface area contributed by atoms with Crippen molar-refractivity contribution in [1.29, 1.82) is 0 Å². The molecule has 0 aliphatic carbocycles. The van der Waals surface area contributed by atoms with Crippen molar-refractivity contribution >= 4 is 72.5 Å². The molecule has 9 N–H and O–H groups in total. The summed E-state index contributed by atoms with van der Waals surface area (Å²) < 4.78 is 46.6. The fourth-order valence-electron chi connectivity index (χ4n) is 10.7. The molecule has 0 saturated carbocycles. The van der Waals surface area contributed by atoms with E-state index in [0.717, 1.165) is 48.6 Å². The van der Waals surface area contributed by atoms with Crippen molar-refractivity contribution in [3.63, 3.8) is 0 Å². The van der Waals surface area contributed by atoms with Crippen LogP contribution in [-0.2, 0) is 93.8 Å². The number of fused-ring (bicyclic) bond motifs is 5. The van der Waals surface area contributed by atoms with Crippen LogP contribution in [0.15, 0.2) is 48.5 Å². The van der Waals surface area contributed by atoms with Gasteiger partial charge in [0.1, 0.15) is 17.5 Å². The topological polar surface area (TPSA) is 448 Å². The number of aryl methyl sites for hydroxylation is 1. The minimum atomic E-state index is -4.59. The maximum absolute atomic E-state index is 14.1. The lowest BCUT2D eigenvalue weighted by Gasteiger charge is -2.31. The highest BCUT2D eigenvalue weighted by atomic mass is 31.2. The molecule has 4 atom stereocenters. The molecule has 2 aliphatic rings. The van der Waals surface area contributed by atoms with E-state index in [2.05, 4.69) is 48.0 Å². The van der Waals surface area contributed by atoms with Gasteiger partial charge in [0, 0.05) is 122 Å². The maximum Gasteiger partial charge on any atom is 0.328 e. The summed E-state index contributed by atoms with van der Waals surface area (Å²) in [4.78, 5) is 143. The number of Topliss-reactive ketones (excluding diaryl/α,β-unsaturated/α-hetero) is 1. The van der Waals surface area contributed by atoms with Gasteiger partial charge in [0.2, 0.25) is 23.6 Å². The smallest absolute Gasteiger partial charge is 0.328 e. The highest BCUT2D eigenvalue weighted by Gasteiger charge is 2.33. The Hall–Kier alpha value is -7.73. The summed E-state index contributed by atoms with van der Waals surface area (Å²) in [6, 6.07) is 13.8. The molecule has 1 fully saturated rings. The van der Waals surface area contributed by atoms with Crippen LogP contribution in [0.4, 0.5) is 5.69 Å². The van der Waals surface area contributed by atoms with Gasteiger partial charge in [-0.1, -0.05) is 47.7 Å². The van der Waals surface area contributed by atoms with Crippen LogP contribution in [0.25, 0.3) is 22.5 Å². The zero-order valence-electron chi connectivity index (χ0n) is 57.0. The number of anilines is 1. The Labute approximate surface area is 580 Å². The van der Waals surface area contributed by atoms with Gasteiger partial charge in [-0.25, -0.2) is 9.48 Å². The fourth-order valence-corrected chi connectivity index (χ4v) is 12.1. The van der Waals surface area contributed by atoms with Crippen molar-refractivity contribution in [2.45, 2.75) is 83.3 Å². The van der Waals surface area contributed by atoms with Crippen LogP contribution in [-0.4, -0.2) is 302 Å². The molecule has 2 aromatic carbocycles. The van der Waals surface area contributed by atoms with E-state index >= 15 is 0 Å². The molecule has 2 aliphatic heterocycles. The van der Waals surface area contributed by atoms with Crippen molar-refractivity contribution in [3.05, 3.63) is 54.1 Å². The van der Waals surface area contributed by atoms with Gasteiger partial charge in [-0.3, -0.25) is 57.5 Å². The predicted octanol–water partition coefficient (Wildman–Crippen LogP) is 1.07. The minimum Gasteiger partial charge on any atom is -0.481 e. The number of nitrogens with one attached hydrogen (secondary N) is 3. The number of aromatic nitrogens is 3. The van der Waals surface area contributed by atoms with Gasteiger partial charge in [-0.2, -0.15) is 0 Å². The molecule has 100 heavy (non-hydrogen) atoms. The second kappa shape index (κ2) is 45.2. The number of carbonyl (C=O) groups excluding carboxylic acids is 5. The summed E-state index contributed by atoms with van der Waals surface area (Å²) in [5.74, 6) is -11.4. The first-order valence-electron chi connectivity index (χ1n) is 33.4. The van der Waals surface area contributed by atoms with E-state index in [9.17, 15) is 77.8 Å². The van der Waals surface area contributed by atoms with Crippen molar-refractivity contribution in [2.75, 3.05) is 176 Å². The summed E-state index contributed by atoms with van der Waals surface area (Å²) in [5.41, 5.74) is 4.53. The van der Waals surface area contributed by atoms with Crippen LogP contribution in [0.5, 0.6) is 0 Å². The Bertz CT molecular complexity index is 3180. The van der Waals surface area contributed by atoms with E-state index in [-0.39, 0.29) is 136 Å². The van der Waals surface area contributed by atoms with E-state index in [4.69, 9.17) is 33.3 Å². The average Bonchev–Trinajstić information content (AvgIpc) is 1.49. The number of rotatable bonds is 47. The number of carboxylic acid groups (broad SMARTS) is 5. The number of benzene rings is 2. The number of ether oxygens (including phenoxy) is 5. The lowest BCUT2D eigenvalue weighted by molar-refractivity contribution is -0.145. The molecule has 1 saturated heterocycles. The normalized spacial score (nSPS) is 15.7. The summed E-state index contributed by atoms with van der Waals surface area (Å²) in [6.45, 7) is 8.18. The number of amides is 4. The van der Waals surface area contributed by atoms with E-state index < -0.39 is 112 Å². The fraction of sp³-hybridized carbons (Fsp3) is 0.631. The zero-order valence-corrected chi connectivity index (χ0v) is 57.8. The van der Waals surface area contributed by atoms with Gasteiger partial charge in [0.15, 0.2) is 0 Å². The Balaban J connectivity index is 0.895. The highest BCUT2D eigenvalue weighted by Crippen LogP contribution is 2.45. The van der Waals surface area contributed by atoms with E-state index in [0.29, 0.717) is 57.1 Å². The monoisotopic (exact) mass is 1430 g/mol. The third kappa shape index (κ3) is 31.9. The van der Waals surface area contributed by atoms with Crippen molar-refractivity contribution in [2.24, 2.45) is 11.8 Å². The number of para-hydroxylation sites is 1. The molecule has 5 rings (SSSR count). The number of aliphatic carboxylic acids is 5. The third-order valence-electron chi connectivity index (χ3n) is 16.4. The number of carbonyl (C=O) groups is 10. The van der Waals surface area contributed by atoms with Crippen LogP contribution in [0.1, 0.15) is 69.8 Å². The molecular formula is C65H98N11O23P. The van der Waals surface area contributed by atoms with Crippen LogP contribution in [0.2, 0.25) is 0 Å². The molecule has 3 unspecified atom stereocenters. The molecule has 35 heteroatoms. The third-order valence-corrected chi connectivity index (χ3v) is 17.9. The van der Waals surface area contributed by atoms with E-state index in [1.54, 1.807) is 4.90 Å². The maximum atomic E-state index is 14.1. The Morgan fingerprint density at radius 1 is 0.550 bits per heavy atom. The Morgan fingerprint density at radius 2 is 1.09 bits per heavy atom. The first-order chi connectivity index (χ1) is 47.9. The van der Waals surface area contributed by atoms with E-state index in [1.165, 1.54) is 0 Å². The Kier molecular flexibility index (Phi) is 37.5. The molecule has 0 bridgehead atoms. The standard InChI is InChI=1S/C65H98N11O23P/c1-71-23-24-72(2)26-28-74(45-60(84)85)30-29-73(27-25-71)44-57(80)66-20-7-22-76-62-51-9-4-3-8-48(51)43-75(54-11-6-5-10-52(54)61(62)69-70-76)58(81)16-21-67-55(78)18-31-94-34-36-96-38-40-98-41-39-97-37-35-95-32-19-56(79)68-53(65(90)91)14-13-50(77)42-47(63(86)87)17-33-99-100(92,93)46-49(64(88)89)12-15-59(82)83/h3-6,8-11,47,49,53H,7,12-46H2,1-2H3,(H,66,80)(H,67,78)(H,68,79)(H,82,83)(H,84,85)(H,86,87)(H,88,89)(H,90,91)(H,92,93)/t47?,49?,53-/m1/s1. The SMILES string of the molecule is CN1CCN(C)CCN(CC(=O)NCCCn2nnc3c2-c2ccccc2CN(C(=O)CCNC(=O)CCOCCOCCOCCOCCOCCC(=O)N[C@H](CCC(=O)CC(CCOP(=O)(O)CC(CCC(=O)O)C(=O)O)C(=O)O)C(=O)O)c2ccccc2-3)CCN(CC(=O)O)CC1. The first kappa shape index (κ1) is 82.9. The van der Waals surface area contributed by atoms with Crippen molar-refractivity contribution in [1.82, 2.24) is 50.5 Å². The lowest BCUT2D eigenvalue weighted by atomic mass is 9.95. The number of nitrogens with zero attached hydrogens (tertiary/aromatic N) is 8. The van der Waals surface area contributed by atoms with Gasteiger partial charge >= 0.3 is 37.4 Å². The molecule has 3 aromatic rings. The second-order valence-electron chi connectivity index (χ2n) is 24.3. The predicted molar refractivity (Wildman–Crippen MR) is 359 cm³/mol. The molecule has 556 valence electrons. The first-order valence-corrected chi connectivity index (χ1v) is 35.2. The van der Waals surface area contributed by atoms with Crippen LogP contribution >= 0.6 is 7.60 Å². The summed E-state index contributed by atoms with van der Waals surface area (Å²) in [7, 11) is -0.481. The minimum absolute atomic E-state index is 0.0288. The molecule has 1 aromatic heterocycles. The van der Waals surface area contributed by atoms with Crippen LogP contribution in [0.3, 0.4) is 0 Å². The number of ketones is 1. The summed E-state index contributed by atoms with van der Waals surface area (Å²) in [6.07, 6.45) is -3.29. The van der Waals surface area contributed by atoms with Gasteiger partial charge in [0.25, 0.3) is 0 Å². The molecule has 0 spiro atoms. The molecule has 4 amide bonds. The van der Waals surface area contributed by atoms with Gasteiger partial charge in [0.05, 0.1) is 122 Å². The van der Waals surface area contributed by atoms with Gasteiger partial charge < -0.3 is 89.3 Å². The number of hydrogen-bond donors (Lipinski definition) is 9. The van der Waals surface area contributed by atoms with Crippen LogP contribution < -0.4 is 20.9 Å². The molecular weight excluding hydrogens is 1330 g/mol. The lowest BCUT2D eigenvalue weighted by Crippen LogP contribution is -2.47. The zero-order chi connectivity index (χ0) is 72.8. The quantitative estimate of drug-likeness (QED) is 0.0282. The van der Waals surface area contributed by atoms with Gasteiger partial charge in [-0.05, 0) is 51.4 Å². The number of likely N-dealkylation sites (N-methyl/N-ethyl adjacent to an activating group) is 2. The highest BCUT2D eigenvalue weighted by molar-refractivity contribution is 7.52. The van der Waals surface area contributed by atoms with Crippen molar-refractivity contribution < 1.29 is 111 Å². The summed E-state index contributed by atoms with van der Waals surface area (Å²) >= 11 is 0.